The van der Waals surface area contributed by atoms with Gasteiger partial charge in [-0.3, -0.25) is 9.59 Å². The van der Waals surface area contributed by atoms with Crippen LogP contribution in [0.5, 0.6) is 0 Å². The second-order valence-electron chi connectivity index (χ2n) is 3.33. The molecule has 1 saturated heterocycles. The van der Waals surface area contributed by atoms with Gasteiger partial charge in [0.05, 0.1) is 5.92 Å². The minimum absolute atomic E-state index is 0.0450. The Bertz CT molecular complexity index is 252. The standard InChI is InChI=1S/C7H9NO4/c9-6(10)4-2-1-8-5(3(2)4)7(11)12/h2-5,8H,1H2,(H,9,10)(H,11,12)/t2-,3+,4-,5-/m0/s1. The molecule has 0 aromatic heterocycles. The van der Waals surface area contributed by atoms with Crippen LogP contribution in [0.1, 0.15) is 0 Å². The van der Waals surface area contributed by atoms with E-state index >= 15 is 0 Å². The summed E-state index contributed by atoms with van der Waals surface area (Å²) < 4.78 is 0. The quantitative estimate of drug-likeness (QED) is 0.495. The zero-order valence-corrected chi connectivity index (χ0v) is 6.23. The lowest BCUT2D eigenvalue weighted by Gasteiger charge is -2.08. The summed E-state index contributed by atoms with van der Waals surface area (Å²) in [5, 5.41) is 20.1. The topological polar surface area (TPSA) is 86.6 Å². The molecule has 1 heterocycles. The van der Waals surface area contributed by atoms with Gasteiger partial charge in [0.25, 0.3) is 0 Å². The van der Waals surface area contributed by atoms with Crippen LogP contribution >= 0.6 is 0 Å². The molecule has 0 unspecified atom stereocenters. The number of aliphatic carboxylic acids is 2. The normalized spacial score (nSPS) is 43.7. The van der Waals surface area contributed by atoms with Crippen molar-refractivity contribution in [3.63, 3.8) is 0 Å². The van der Waals surface area contributed by atoms with Crippen molar-refractivity contribution < 1.29 is 19.8 Å². The minimum Gasteiger partial charge on any atom is -0.481 e. The Labute approximate surface area is 68.4 Å². The van der Waals surface area contributed by atoms with Crippen molar-refractivity contribution in [1.82, 2.24) is 5.32 Å². The van der Waals surface area contributed by atoms with Crippen LogP contribution in [0, 0.1) is 17.8 Å². The Morgan fingerprint density at radius 1 is 1.25 bits per heavy atom. The summed E-state index contributed by atoms with van der Waals surface area (Å²) in [5.74, 6) is -2.36. The van der Waals surface area contributed by atoms with E-state index in [-0.39, 0.29) is 11.8 Å². The zero-order valence-electron chi connectivity index (χ0n) is 6.23. The van der Waals surface area contributed by atoms with Gasteiger partial charge >= 0.3 is 11.9 Å². The predicted octanol–water partition coefficient (Wildman–Crippen LogP) is -1.01. The third-order valence-electron chi connectivity index (χ3n) is 2.74. The molecule has 5 nitrogen and oxygen atoms in total. The molecule has 1 saturated carbocycles. The predicted molar refractivity (Wildman–Crippen MR) is 37.5 cm³/mol. The third kappa shape index (κ3) is 0.828. The largest absolute Gasteiger partial charge is 0.481 e. The average Bonchev–Trinajstić information content (AvgIpc) is 2.52. The smallest absolute Gasteiger partial charge is 0.321 e. The molecule has 5 heteroatoms. The monoisotopic (exact) mass is 171 g/mol. The number of piperidine rings is 1. The lowest BCUT2D eigenvalue weighted by atomic mass is 10.1. The fourth-order valence-electron chi connectivity index (χ4n) is 2.12. The van der Waals surface area contributed by atoms with Crippen molar-refractivity contribution in [1.29, 1.82) is 0 Å². The van der Waals surface area contributed by atoms with Gasteiger partial charge in [0.2, 0.25) is 0 Å². The molecule has 2 rings (SSSR count). The Morgan fingerprint density at radius 2 is 1.92 bits per heavy atom. The van der Waals surface area contributed by atoms with Crippen molar-refractivity contribution >= 4 is 11.9 Å². The van der Waals surface area contributed by atoms with E-state index in [9.17, 15) is 9.59 Å². The molecule has 0 aromatic rings. The van der Waals surface area contributed by atoms with Gasteiger partial charge in [-0.05, 0) is 12.5 Å². The maximum absolute atomic E-state index is 10.6. The molecule has 12 heavy (non-hydrogen) atoms. The molecule has 0 radical (unpaired) electrons. The molecule has 0 spiro atoms. The number of carbonyl (C=O) groups is 2. The lowest BCUT2D eigenvalue weighted by Crippen LogP contribution is -2.36. The van der Waals surface area contributed by atoms with E-state index < -0.39 is 23.9 Å². The maximum atomic E-state index is 10.6. The molecule has 4 atom stereocenters. The molecule has 0 aromatic carbocycles. The maximum Gasteiger partial charge on any atom is 0.321 e. The van der Waals surface area contributed by atoms with Crippen molar-refractivity contribution in [3.05, 3.63) is 0 Å². The van der Waals surface area contributed by atoms with Crippen LogP contribution in [0.4, 0.5) is 0 Å². The van der Waals surface area contributed by atoms with Crippen LogP contribution in [-0.4, -0.2) is 34.7 Å². The van der Waals surface area contributed by atoms with Crippen molar-refractivity contribution in [2.45, 2.75) is 6.04 Å². The second-order valence-corrected chi connectivity index (χ2v) is 3.33. The van der Waals surface area contributed by atoms with Crippen LogP contribution in [0.25, 0.3) is 0 Å². The van der Waals surface area contributed by atoms with E-state index in [4.69, 9.17) is 10.2 Å². The highest BCUT2D eigenvalue weighted by Crippen LogP contribution is 2.51. The van der Waals surface area contributed by atoms with E-state index in [2.05, 4.69) is 5.32 Å². The van der Waals surface area contributed by atoms with Gasteiger partial charge < -0.3 is 15.5 Å². The molecule has 3 N–H and O–H groups in total. The van der Waals surface area contributed by atoms with E-state index in [0.29, 0.717) is 6.54 Å². The molecular formula is C7H9NO4. The molecule has 2 fully saturated rings. The molecule has 66 valence electrons. The molecule has 0 bridgehead atoms. The van der Waals surface area contributed by atoms with E-state index in [1.165, 1.54) is 0 Å². The lowest BCUT2D eigenvalue weighted by molar-refractivity contribution is -0.141. The van der Waals surface area contributed by atoms with Crippen molar-refractivity contribution in [2.24, 2.45) is 17.8 Å². The number of fused-ring (bicyclic) bond motifs is 1. The first-order valence-electron chi connectivity index (χ1n) is 3.82. The molecule has 2 aliphatic rings. The van der Waals surface area contributed by atoms with Crippen LogP contribution in [0.3, 0.4) is 0 Å². The van der Waals surface area contributed by atoms with Gasteiger partial charge in [-0.1, -0.05) is 0 Å². The summed E-state index contributed by atoms with van der Waals surface area (Å²) >= 11 is 0. The first-order chi connectivity index (χ1) is 5.63. The van der Waals surface area contributed by atoms with Gasteiger partial charge in [-0.15, -0.1) is 0 Å². The summed E-state index contributed by atoms with van der Waals surface area (Å²) in [6, 6.07) is -0.643. The molecule has 1 aliphatic heterocycles. The number of carboxylic acids is 2. The summed E-state index contributed by atoms with van der Waals surface area (Å²) in [4.78, 5) is 21.1. The Hall–Kier alpha value is -1.10. The summed E-state index contributed by atoms with van der Waals surface area (Å²) in [6.45, 7) is 0.526. The van der Waals surface area contributed by atoms with E-state index in [1.807, 2.05) is 0 Å². The summed E-state index contributed by atoms with van der Waals surface area (Å²) in [5.41, 5.74) is 0. The van der Waals surface area contributed by atoms with E-state index in [1.54, 1.807) is 0 Å². The SMILES string of the molecule is O=C(O)[C@H]1[C@H]2CN[C@H](C(=O)O)[C@H]21. The van der Waals surface area contributed by atoms with Gasteiger partial charge in [-0.25, -0.2) is 0 Å². The number of hydrogen-bond donors (Lipinski definition) is 3. The van der Waals surface area contributed by atoms with E-state index in [0.717, 1.165) is 0 Å². The van der Waals surface area contributed by atoms with Gasteiger partial charge in [0.1, 0.15) is 6.04 Å². The highest BCUT2D eigenvalue weighted by Gasteiger charge is 2.63. The highest BCUT2D eigenvalue weighted by molar-refractivity contribution is 5.81. The fraction of sp³-hybridized carbons (Fsp3) is 0.714. The van der Waals surface area contributed by atoms with Crippen LogP contribution in [0.2, 0.25) is 0 Å². The van der Waals surface area contributed by atoms with Crippen molar-refractivity contribution in [3.8, 4) is 0 Å². The Kier molecular flexibility index (Phi) is 1.38. The van der Waals surface area contributed by atoms with Crippen LogP contribution < -0.4 is 5.32 Å². The molecular weight excluding hydrogens is 162 g/mol. The second kappa shape index (κ2) is 2.20. The average molecular weight is 171 g/mol. The first kappa shape index (κ1) is 7.54. The number of carboxylic acid groups (broad SMARTS) is 2. The number of nitrogens with one attached hydrogen (secondary N) is 1. The van der Waals surface area contributed by atoms with Gasteiger partial charge in [0, 0.05) is 5.92 Å². The zero-order chi connectivity index (χ0) is 8.88. The molecule has 0 amide bonds. The number of hydrogen-bond acceptors (Lipinski definition) is 3. The van der Waals surface area contributed by atoms with Crippen molar-refractivity contribution in [2.75, 3.05) is 6.54 Å². The minimum atomic E-state index is -0.939. The Morgan fingerprint density at radius 3 is 2.33 bits per heavy atom. The van der Waals surface area contributed by atoms with Gasteiger partial charge in [-0.2, -0.15) is 0 Å². The van der Waals surface area contributed by atoms with Gasteiger partial charge in [0.15, 0.2) is 0 Å². The Balaban J connectivity index is 2.07. The fourth-order valence-corrected chi connectivity index (χ4v) is 2.12. The van der Waals surface area contributed by atoms with Crippen LogP contribution in [0.15, 0.2) is 0 Å². The summed E-state index contributed by atoms with van der Waals surface area (Å²) in [6.07, 6.45) is 0. The summed E-state index contributed by atoms with van der Waals surface area (Å²) in [7, 11) is 0. The highest BCUT2D eigenvalue weighted by atomic mass is 16.4. The third-order valence-corrected chi connectivity index (χ3v) is 2.74. The first-order valence-corrected chi connectivity index (χ1v) is 3.82. The number of rotatable bonds is 2. The van der Waals surface area contributed by atoms with Crippen LogP contribution in [-0.2, 0) is 9.59 Å². The molecule has 1 aliphatic carbocycles.